The Bertz CT molecular complexity index is 849. The van der Waals surface area contributed by atoms with Crippen molar-refractivity contribution < 1.29 is 9.59 Å². The van der Waals surface area contributed by atoms with Gasteiger partial charge in [-0.1, -0.05) is 79.9 Å². The van der Waals surface area contributed by atoms with Crippen LogP contribution in [0.2, 0.25) is 10.0 Å². The number of benzene rings is 2. The Morgan fingerprint density at radius 1 is 1.03 bits per heavy atom. The lowest BCUT2D eigenvalue weighted by Crippen LogP contribution is -2.49. The molecule has 2 aromatic carbocycles. The van der Waals surface area contributed by atoms with Crippen LogP contribution in [0.4, 0.5) is 0 Å². The number of rotatable bonds is 12. The van der Waals surface area contributed by atoms with E-state index in [1.165, 1.54) is 5.56 Å². The first-order chi connectivity index (χ1) is 15.0. The van der Waals surface area contributed by atoms with Crippen LogP contribution in [-0.4, -0.2) is 35.1 Å². The molecule has 7 heteroatoms. The number of hydrogen-bond acceptors (Lipinski definition) is 3. The first-order valence-electron chi connectivity index (χ1n) is 10.6. The molecule has 0 aliphatic rings. The molecule has 2 rings (SSSR count). The third-order valence-corrected chi connectivity index (χ3v) is 6.62. The molecule has 0 unspecified atom stereocenters. The summed E-state index contributed by atoms with van der Waals surface area (Å²) in [5, 5.41) is 3.87. The lowest BCUT2D eigenvalue weighted by Gasteiger charge is -2.30. The van der Waals surface area contributed by atoms with Gasteiger partial charge in [0.2, 0.25) is 11.8 Å². The topological polar surface area (TPSA) is 49.4 Å². The molecule has 0 aliphatic heterocycles. The lowest BCUT2D eigenvalue weighted by atomic mass is 10.1. The molecule has 0 radical (unpaired) electrons. The largest absolute Gasteiger partial charge is 0.354 e. The van der Waals surface area contributed by atoms with Crippen molar-refractivity contribution in [1.29, 1.82) is 0 Å². The summed E-state index contributed by atoms with van der Waals surface area (Å²) in [6.45, 7) is 4.93. The van der Waals surface area contributed by atoms with Gasteiger partial charge in [-0.05, 0) is 36.1 Å². The second kappa shape index (κ2) is 13.7. The Kier molecular flexibility index (Phi) is 11.3. The predicted molar refractivity (Wildman–Crippen MR) is 132 cm³/mol. The van der Waals surface area contributed by atoms with E-state index < -0.39 is 6.04 Å². The highest BCUT2D eigenvalue weighted by Gasteiger charge is 2.28. The third kappa shape index (κ3) is 8.40. The highest BCUT2D eigenvalue weighted by molar-refractivity contribution is 7.99. The molecule has 2 amide bonds. The number of carbonyl (C=O) groups excluding carboxylic acids is 2. The van der Waals surface area contributed by atoms with Crippen LogP contribution in [-0.2, 0) is 21.9 Å². The van der Waals surface area contributed by atoms with Crippen LogP contribution in [0.15, 0.2) is 48.5 Å². The minimum Gasteiger partial charge on any atom is -0.354 e. The summed E-state index contributed by atoms with van der Waals surface area (Å²) in [4.78, 5) is 27.7. The average molecular weight is 481 g/mol. The van der Waals surface area contributed by atoms with Crippen LogP contribution in [0.25, 0.3) is 0 Å². The van der Waals surface area contributed by atoms with Crippen LogP contribution >= 0.6 is 35.0 Å². The van der Waals surface area contributed by atoms with Gasteiger partial charge in [-0.3, -0.25) is 9.59 Å². The molecule has 0 aromatic heterocycles. The van der Waals surface area contributed by atoms with E-state index in [4.69, 9.17) is 23.2 Å². The Morgan fingerprint density at radius 2 is 1.77 bits per heavy atom. The van der Waals surface area contributed by atoms with Crippen molar-refractivity contribution in [3.05, 3.63) is 69.7 Å². The molecule has 0 saturated carbocycles. The summed E-state index contributed by atoms with van der Waals surface area (Å²) in [5.41, 5.74) is 2.01. The molecule has 168 valence electrons. The number of thioether (sulfide) groups is 1. The summed E-state index contributed by atoms with van der Waals surface area (Å²) >= 11 is 13.8. The van der Waals surface area contributed by atoms with Gasteiger partial charge < -0.3 is 10.2 Å². The van der Waals surface area contributed by atoms with Gasteiger partial charge in [0, 0.05) is 18.8 Å². The van der Waals surface area contributed by atoms with E-state index >= 15 is 0 Å². The van der Waals surface area contributed by atoms with Crippen LogP contribution in [0.5, 0.6) is 0 Å². The van der Waals surface area contributed by atoms with E-state index in [1.807, 2.05) is 43.3 Å². The molecule has 1 N–H and O–H groups in total. The van der Waals surface area contributed by atoms with Crippen molar-refractivity contribution in [3.63, 3.8) is 0 Å². The van der Waals surface area contributed by atoms with Crippen molar-refractivity contribution >= 4 is 46.8 Å². The maximum absolute atomic E-state index is 13.2. The fourth-order valence-corrected chi connectivity index (χ4v) is 4.37. The number of carbonyl (C=O) groups is 2. The van der Waals surface area contributed by atoms with Gasteiger partial charge in [0.25, 0.3) is 0 Å². The number of halogens is 2. The molecule has 31 heavy (non-hydrogen) atoms. The quantitative estimate of drug-likeness (QED) is 0.381. The summed E-state index contributed by atoms with van der Waals surface area (Å²) < 4.78 is 0. The molecule has 4 nitrogen and oxygen atoms in total. The number of hydrogen-bond donors (Lipinski definition) is 1. The van der Waals surface area contributed by atoms with E-state index in [1.54, 1.807) is 28.8 Å². The normalized spacial score (nSPS) is 11.7. The minimum absolute atomic E-state index is 0.0653. The van der Waals surface area contributed by atoms with E-state index in [0.29, 0.717) is 35.3 Å². The van der Waals surface area contributed by atoms with Gasteiger partial charge in [0.1, 0.15) is 6.04 Å². The molecular formula is C24H30Cl2N2O2S. The molecule has 0 aliphatic carbocycles. The van der Waals surface area contributed by atoms with Crippen molar-refractivity contribution in [2.24, 2.45) is 0 Å². The van der Waals surface area contributed by atoms with Crippen LogP contribution < -0.4 is 5.32 Å². The Labute approximate surface area is 199 Å². The standard InChI is InChI=1S/C24H30Cl2N2O2S/c1-3-5-13-27-24(30)22(4-2)28(15-19-11-12-20(25)21(26)14-19)23(29)17-31-16-18-9-7-6-8-10-18/h6-12,14,22H,3-5,13,15-17H2,1-2H3,(H,27,30)/t22-/m1/s1. The van der Waals surface area contributed by atoms with Gasteiger partial charge in [0.05, 0.1) is 15.8 Å². The first-order valence-corrected chi connectivity index (χ1v) is 12.5. The molecule has 1 atom stereocenters. The second-order valence-electron chi connectivity index (χ2n) is 7.32. The zero-order valence-electron chi connectivity index (χ0n) is 18.1. The molecule has 0 heterocycles. The Morgan fingerprint density at radius 3 is 2.42 bits per heavy atom. The van der Waals surface area contributed by atoms with Gasteiger partial charge in [-0.15, -0.1) is 11.8 Å². The van der Waals surface area contributed by atoms with Crippen LogP contribution in [0.1, 0.15) is 44.2 Å². The maximum atomic E-state index is 13.2. The number of nitrogens with zero attached hydrogens (tertiary/aromatic N) is 1. The second-order valence-corrected chi connectivity index (χ2v) is 9.12. The summed E-state index contributed by atoms with van der Waals surface area (Å²) in [6, 6.07) is 14.8. The molecule has 0 fully saturated rings. The highest BCUT2D eigenvalue weighted by atomic mass is 35.5. The predicted octanol–water partition coefficient (Wildman–Crippen LogP) is 5.95. The lowest BCUT2D eigenvalue weighted by molar-refractivity contribution is -0.139. The summed E-state index contributed by atoms with van der Waals surface area (Å²) in [5.74, 6) is 0.865. The van der Waals surface area contributed by atoms with E-state index in [0.717, 1.165) is 24.2 Å². The SMILES string of the molecule is CCCCNC(=O)[C@@H](CC)N(Cc1ccc(Cl)c(Cl)c1)C(=O)CSCc1ccccc1. The third-order valence-electron chi connectivity index (χ3n) is 4.89. The van der Waals surface area contributed by atoms with Crippen LogP contribution in [0.3, 0.4) is 0 Å². The van der Waals surface area contributed by atoms with Crippen LogP contribution in [0, 0.1) is 0 Å². The van der Waals surface area contributed by atoms with Crippen molar-refractivity contribution in [2.75, 3.05) is 12.3 Å². The van der Waals surface area contributed by atoms with Crippen molar-refractivity contribution in [3.8, 4) is 0 Å². The Hall–Kier alpha value is -1.69. The fraction of sp³-hybridized carbons (Fsp3) is 0.417. The zero-order valence-corrected chi connectivity index (χ0v) is 20.4. The highest BCUT2D eigenvalue weighted by Crippen LogP contribution is 2.24. The van der Waals surface area contributed by atoms with E-state index in [2.05, 4.69) is 12.2 Å². The number of amides is 2. The first kappa shape index (κ1) is 25.6. The fourth-order valence-electron chi connectivity index (χ4n) is 3.17. The molecule has 0 spiro atoms. The maximum Gasteiger partial charge on any atom is 0.242 e. The van der Waals surface area contributed by atoms with Gasteiger partial charge in [0.15, 0.2) is 0 Å². The monoisotopic (exact) mass is 480 g/mol. The van der Waals surface area contributed by atoms with E-state index in [-0.39, 0.29) is 11.8 Å². The molecule has 2 aromatic rings. The van der Waals surface area contributed by atoms with Crippen molar-refractivity contribution in [2.45, 2.75) is 51.4 Å². The minimum atomic E-state index is -0.531. The van der Waals surface area contributed by atoms with Gasteiger partial charge in [-0.2, -0.15) is 0 Å². The zero-order chi connectivity index (χ0) is 22.6. The van der Waals surface area contributed by atoms with Crippen molar-refractivity contribution in [1.82, 2.24) is 10.2 Å². The Balaban J connectivity index is 2.13. The van der Waals surface area contributed by atoms with Gasteiger partial charge >= 0.3 is 0 Å². The average Bonchev–Trinajstić information content (AvgIpc) is 2.77. The summed E-state index contributed by atoms with van der Waals surface area (Å²) in [7, 11) is 0. The molecule has 0 saturated heterocycles. The summed E-state index contributed by atoms with van der Waals surface area (Å²) in [6.07, 6.45) is 2.45. The molecule has 0 bridgehead atoms. The number of unbranched alkanes of at least 4 members (excludes halogenated alkanes) is 1. The smallest absolute Gasteiger partial charge is 0.242 e. The van der Waals surface area contributed by atoms with E-state index in [9.17, 15) is 9.59 Å². The van der Waals surface area contributed by atoms with Gasteiger partial charge in [-0.25, -0.2) is 0 Å². The molecular weight excluding hydrogens is 451 g/mol. The number of nitrogens with one attached hydrogen (secondary N) is 1.